The molecule has 0 aliphatic heterocycles. The Kier molecular flexibility index (Phi) is 6.44. The molecule has 0 saturated carbocycles. The van der Waals surface area contributed by atoms with Crippen molar-refractivity contribution in [2.24, 2.45) is 0 Å². The van der Waals surface area contributed by atoms with Crippen LogP contribution in [0, 0.1) is 0 Å². The van der Waals surface area contributed by atoms with Crippen molar-refractivity contribution in [1.29, 1.82) is 0 Å². The van der Waals surface area contributed by atoms with Gasteiger partial charge in [-0.05, 0) is 17.7 Å². The van der Waals surface area contributed by atoms with Crippen molar-refractivity contribution in [2.75, 3.05) is 21.3 Å². The minimum atomic E-state index is -3.60. The Hall–Kier alpha value is -2.51. The lowest BCUT2D eigenvalue weighted by atomic mass is 10.1. The third kappa shape index (κ3) is 5.23. The van der Waals surface area contributed by atoms with Gasteiger partial charge in [0.05, 0.1) is 21.3 Å². The van der Waals surface area contributed by atoms with Crippen molar-refractivity contribution in [1.82, 2.24) is 4.72 Å². The van der Waals surface area contributed by atoms with Gasteiger partial charge in [-0.1, -0.05) is 30.3 Å². The normalized spacial score (nSPS) is 11.5. The van der Waals surface area contributed by atoms with Crippen LogP contribution in [0.2, 0.25) is 0 Å². The number of sulfonamides is 1. The van der Waals surface area contributed by atoms with Gasteiger partial charge in [-0.2, -0.15) is 0 Å². The number of rotatable bonds is 8. The molecule has 6 nitrogen and oxygen atoms in total. The fourth-order valence-electron chi connectivity index (χ4n) is 2.19. The second-order valence-corrected chi connectivity index (χ2v) is 6.75. The number of hydrogen-bond acceptors (Lipinski definition) is 5. The van der Waals surface area contributed by atoms with Gasteiger partial charge in [-0.15, -0.1) is 0 Å². The standard InChI is InChI=1S/C18H21NO5S/c1-22-16-12-18(24-3)17(23-2)11-15(16)13-19-25(20,21)10-9-14-7-5-4-6-8-14/h4-12,19H,13H2,1-3H3/b10-9+. The smallest absolute Gasteiger partial charge is 0.234 e. The zero-order chi connectivity index (χ0) is 18.3. The average molecular weight is 363 g/mol. The Morgan fingerprint density at radius 1 is 0.920 bits per heavy atom. The van der Waals surface area contributed by atoms with E-state index < -0.39 is 10.0 Å². The first-order chi connectivity index (χ1) is 12.0. The van der Waals surface area contributed by atoms with E-state index in [1.807, 2.05) is 30.3 Å². The fraction of sp³-hybridized carbons (Fsp3) is 0.222. The monoisotopic (exact) mass is 363 g/mol. The Labute approximate surface area is 148 Å². The summed E-state index contributed by atoms with van der Waals surface area (Å²) < 4.78 is 42.6. The molecular formula is C18H21NO5S. The summed E-state index contributed by atoms with van der Waals surface area (Å²) in [5.74, 6) is 1.51. The summed E-state index contributed by atoms with van der Waals surface area (Å²) in [6.45, 7) is 0.0605. The zero-order valence-electron chi connectivity index (χ0n) is 14.4. The number of methoxy groups -OCH3 is 3. The van der Waals surface area contributed by atoms with Crippen molar-refractivity contribution in [3.8, 4) is 17.2 Å². The van der Waals surface area contributed by atoms with Crippen LogP contribution in [0.4, 0.5) is 0 Å². The molecule has 25 heavy (non-hydrogen) atoms. The summed E-state index contributed by atoms with van der Waals surface area (Å²) in [6, 6.07) is 12.5. The predicted octanol–water partition coefficient (Wildman–Crippen LogP) is 2.80. The van der Waals surface area contributed by atoms with E-state index in [1.54, 1.807) is 12.1 Å². The fourth-order valence-corrected chi connectivity index (χ4v) is 2.98. The van der Waals surface area contributed by atoms with Gasteiger partial charge in [-0.3, -0.25) is 0 Å². The van der Waals surface area contributed by atoms with Gasteiger partial charge in [0, 0.05) is 23.6 Å². The van der Waals surface area contributed by atoms with E-state index in [-0.39, 0.29) is 6.54 Å². The lowest BCUT2D eigenvalue weighted by molar-refractivity contribution is 0.347. The molecule has 0 aromatic heterocycles. The van der Waals surface area contributed by atoms with Gasteiger partial charge < -0.3 is 14.2 Å². The molecule has 0 fully saturated rings. The molecule has 0 spiro atoms. The van der Waals surface area contributed by atoms with Crippen LogP contribution in [-0.2, 0) is 16.6 Å². The summed E-state index contributed by atoms with van der Waals surface area (Å²) in [6.07, 6.45) is 1.54. The summed E-state index contributed by atoms with van der Waals surface area (Å²) in [5, 5.41) is 1.13. The molecule has 134 valence electrons. The molecule has 0 bridgehead atoms. The van der Waals surface area contributed by atoms with Crippen LogP contribution >= 0.6 is 0 Å². The molecule has 0 aliphatic carbocycles. The molecule has 0 radical (unpaired) electrons. The van der Waals surface area contributed by atoms with Gasteiger partial charge in [0.2, 0.25) is 10.0 Å². The van der Waals surface area contributed by atoms with E-state index in [0.29, 0.717) is 22.8 Å². The number of ether oxygens (including phenoxy) is 3. The summed E-state index contributed by atoms with van der Waals surface area (Å²) in [4.78, 5) is 0. The van der Waals surface area contributed by atoms with Crippen LogP contribution < -0.4 is 18.9 Å². The minimum Gasteiger partial charge on any atom is -0.496 e. The van der Waals surface area contributed by atoms with Crippen LogP contribution in [0.1, 0.15) is 11.1 Å². The molecule has 0 heterocycles. The highest BCUT2D eigenvalue weighted by atomic mass is 32.2. The number of nitrogens with one attached hydrogen (secondary N) is 1. The minimum absolute atomic E-state index is 0.0605. The Morgan fingerprint density at radius 2 is 1.52 bits per heavy atom. The molecular weight excluding hydrogens is 342 g/mol. The molecule has 0 saturated heterocycles. The first-order valence-corrected chi connectivity index (χ1v) is 9.05. The van der Waals surface area contributed by atoms with Crippen LogP contribution in [0.25, 0.3) is 6.08 Å². The summed E-state index contributed by atoms with van der Waals surface area (Å²) in [7, 11) is 0.949. The van der Waals surface area contributed by atoms with Crippen molar-refractivity contribution in [3.63, 3.8) is 0 Å². The van der Waals surface area contributed by atoms with Crippen LogP contribution in [0.3, 0.4) is 0 Å². The molecule has 1 N–H and O–H groups in total. The van der Waals surface area contributed by atoms with Crippen molar-refractivity contribution in [3.05, 3.63) is 59.0 Å². The highest BCUT2D eigenvalue weighted by molar-refractivity contribution is 7.92. The van der Waals surface area contributed by atoms with E-state index >= 15 is 0 Å². The lowest BCUT2D eigenvalue weighted by Gasteiger charge is -2.14. The molecule has 0 amide bonds. The largest absolute Gasteiger partial charge is 0.496 e. The van der Waals surface area contributed by atoms with E-state index in [1.165, 1.54) is 27.4 Å². The molecule has 2 aromatic carbocycles. The van der Waals surface area contributed by atoms with E-state index in [0.717, 1.165) is 11.0 Å². The van der Waals surface area contributed by atoms with Crippen LogP contribution in [0.5, 0.6) is 17.2 Å². The molecule has 0 aliphatic rings. The Bertz CT molecular complexity index is 832. The van der Waals surface area contributed by atoms with Crippen molar-refractivity contribution < 1.29 is 22.6 Å². The maximum Gasteiger partial charge on any atom is 0.234 e. The maximum atomic E-state index is 12.2. The predicted molar refractivity (Wildman–Crippen MR) is 97.3 cm³/mol. The molecule has 0 unspecified atom stereocenters. The van der Waals surface area contributed by atoms with Crippen molar-refractivity contribution >= 4 is 16.1 Å². The second-order valence-electron chi connectivity index (χ2n) is 5.10. The second kappa shape index (κ2) is 8.55. The third-order valence-electron chi connectivity index (χ3n) is 3.49. The van der Waals surface area contributed by atoms with E-state index in [4.69, 9.17) is 14.2 Å². The molecule has 2 aromatic rings. The quantitative estimate of drug-likeness (QED) is 0.781. The Morgan fingerprint density at radius 3 is 2.12 bits per heavy atom. The zero-order valence-corrected chi connectivity index (χ0v) is 15.2. The SMILES string of the molecule is COc1cc(OC)c(OC)cc1CNS(=O)(=O)/C=C/c1ccccc1. The average Bonchev–Trinajstić information content (AvgIpc) is 2.65. The van der Waals surface area contributed by atoms with E-state index in [2.05, 4.69) is 4.72 Å². The molecule has 0 atom stereocenters. The topological polar surface area (TPSA) is 73.9 Å². The van der Waals surface area contributed by atoms with Gasteiger partial charge in [0.15, 0.2) is 11.5 Å². The van der Waals surface area contributed by atoms with Gasteiger partial charge in [-0.25, -0.2) is 13.1 Å². The van der Waals surface area contributed by atoms with Gasteiger partial charge in [0.1, 0.15) is 5.75 Å². The maximum absolute atomic E-state index is 12.2. The van der Waals surface area contributed by atoms with Crippen molar-refractivity contribution in [2.45, 2.75) is 6.54 Å². The van der Waals surface area contributed by atoms with E-state index in [9.17, 15) is 8.42 Å². The first kappa shape index (κ1) is 18.8. The van der Waals surface area contributed by atoms with Crippen LogP contribution in [0.15, 0.2) is 47.9 Å². The third-order valence-corrected chi connectivity index (χ3v) is 4.53. The lowest BCUT2D eigenvalue weighted by Crippen LogP contribution is -2.21. The molecule has 2 rings (SSSR count). The summed E-state index contributed by atoms with van der Waals surface area (Å²) in [5.41, 5.74) is 1.44. The molecule has 7 heteroatoms. The van der Waals surface area contributed by atoms with Gasteiger partial charge in [0.25, 0.3) is 0 Å². The number of benzene rings is 2. The van der Waals surface area contributed by atoms with Gasteiger partial charge >= 0.3 is 0 Å². The van der Waals surface area contributed by atoms with Crippen LogP contribution in [-0.4, -0.2) is 29.7 Å². The summed E-state index contributed by atoms with van der Waals surface area (Å²) >= 11 is 0. The highest BCUT2D eigenvalue weighted by Gasteiger charge is 2.14. The first-order valence-electron chi connectivity index (χ1n) is 7.50. The number of hydrogen-bond donors (Lipinski definition) is 1. The highest BCUT2D eigenvalue weighted by Crippen LogP contribution is 2.34. The Balaban J connectivity index is 2.15.